The lowest BCUT2D eigenvalue weighted by atomic mass is 9.95. The zero-order valence-electron chi connectivity index (χ0n) is 15.5. The van der Waals surface area contributed by atoms with E-state index in [1.165, 1.54) is 22.7 Å². The molecule has 0 bridgehead atoms. The largest absolute Gasteiger partial charge is 0.365 e. The van der Waals surface area contributed by atoms with Gasteiger partial charge in [0.2, 0.25) is 5.91 Å². The fraction of sp³-hybridized carbons (Fsp3) is 0.450. The zero-order chi connectivity index (χ0) is 19.7. The lowest BCUT2D eigenvalue weighted by molar-refractivity contribution is -0.121. The van der Waals surface area contributed by atoms with Crippen LogP contribution in [-0.2, 0) is 17.6 Å². The van der Waals surface area contributed by atoms with Crippen molar-refractivity contribution in [2.24, 2.45) is 11.7 Å². The van der Waals surface area contributed by atoms with Crippen molar-refractivity contribution in [1.82, 2.24) is 4.90 Å². The van der Waals surface area contributed by atoms with Gasteiger partial charge in [-0.3, -0.25) is 14.4 Å². The summed E-state index contributed by atoms with van der Waals surface area (Å²) in [6.45, 7) is 1.07. The Bertz CT molecular complexity index is 904. The highest BCUT2D eigenvalue weighted by atomic mass is 32.1. The van der Waals surface area contributed by atoms with Crippen molar-refractivity contribution >= 4 is 45.4 Å². The van der Waals surface area contributed by atoms with E-state index >= 15 is 0 Å². The molecule has 0 radical (unpaired) electrons. The summed E-state index contributed by atoms with van der Waals surface area (Å²) in [4.78, 5) is 41.2. The third kappa shape index (κ3) is 3.71. The Labute approximate surface area is 171 Å². The second-order valence-corrected chi connectivity index (χ2v) is 9.39. The van der Waals surface area contributed by atoms with Crippen LogP contribution in [0.15, 0.2) is 17.5 Å². The molecule has 28 heavy (non-hydrogen) atoms. The van der Waals surface area contributed by atoms with Crippen molar-refractivity contribution in [3.05, 3.63) is 38.4 Å². The molecule has 3 amide bonds. The molecule has 2 aliphatic rings. The number of rotatable bonds is 4. The predicted molar refractivity (Wildman–Crippen MR) is 111 cm³/mol. The number of amides is 3. The molecule has 6 nitrogen and oxygen atoms in total. The van der Waals surface area contributed by atoms with Crippen molar-refractivity contribution in [3.8, 4) is 0 Å². The molecule has 148 valence electrons. The monoisotopic (exact) mass is 417 g/mol. The van der Waals surface area contributed by atoms with Crippen LogP contribution >= 0.6 is 22.7 Å². The van der Waals surface area contributed by atoms with Gasteiger partial charge in [0, 0.05) is 18.0 Å². The number of thiophene rings is 2. The van der Waals surface area contributed by atoms with Gasteiger partial charge in [-0.25, -0.2) is 0 Å². The van der Waals surface area contributed by atoms with Crippen LogP contribution in [0, 0.1) is 5.92 Å². The van der Waals surface area contributed by atoms with Gasteiger partial charge >= 0.3 is 0 Å². The summed E-state index contributed by atoms with van der Waals surface area (Å²) in [5, 5.41) is 5.41. The fourth-order valence-electron chi connectivity index (χ4n) is 4.06. The SMILES string of the molecule is NC(=O)c1c(NC(=O)C2CCCN(C(=O)c3cccs3)C2)sc2c1CCCC2. The van der Waals surface area contributed by atoms with Crippen molar-refractivity contribution < 1.29 is 14.4 Å². The number of nitrogens with two attached hydrogens (primary N) is 1. The number of anilines is 1. The normalized spacial score (nSPS) is 19.1. The lowest BCUT2D eigenvalue weighted by Gasteiger charge is -2.31. The Morgan fingerprint density at radius 3 is 2.75 bits per heavy atom. The molecule has 1 saturated heterocycles. The van der Waals surface area contributed by atoms with Crippen LogP contribution in [0.2, 0.25) is 0 Å². The first-order valence-corrected chi connectivity index (χ1v) is 11.3. The van der Waals surface area contributed by atoms with Gasteiger partial charge in [0.05, 0.1) is 16.4 Å². The molecule has 1 aliphatic carbocycles. The van der Waals surface area contributed by atoms with E-state index < -0.39 is 5.91 Å². The highest BCUT2D eigenvalue weighted by Crippen LogP contribution is 2.38. The number of fused-ring (bicyclic) bond motifs is 1. The van der Waals surface area contributed by atoms with E-state index in [0.29, 0.717) is 28.5 Å². The highest BCUT2D eigenvalue weighted by Gasteiger charge is 2.31. The van der Waals surface area contributed by atoms with Crippen LogP contribution in [0.3, 0.4) is 0 Å². The van der Waals surface area contributed by atoms with Gasteiger partial charge in [0.25, 0.3) is 11.8 Å². The third-order valence-electron chi connectivity index (χ3n) is 5.47. The molecule has 3 N–H and O–H groups in total. The maximum atomic E-state index is 12.9. The molecule has 2 aromatic rings. The second kappa shape index (κ2) is 8.05. The summed E-state index contributed by atoms with van der Waals surface area (Å²) in [7, 11) is 0. The molecule has 0 spiro atoms. The molecule has 0 aromatic carbocycles. The quantitative estimate of drug-likeness (QED) is 0.800. The zero-order valence-corrected chi connectivity index (χ0v) is 17.2. The van der Waals surface area contributed by atoms with E-state index in [9.17, 15) is 14.4 Å². The second-order valence-electron chi connectivity index (χ2n) is 7.34. The number of primary amides is 1. The number of aryl methyl sites for hydroxylation is 1. The number of hydrogen-bond acceptors (Lipinski definition) is 5. The van der Waals surface area contributed by atoms with Crippen molar-refractivity contribution in [2.75, 3.05) is 18.4 Å². The van der Waals surface area contributed by atoms with E-state index in [0.717, 1.165) is 49.0 Å². The average Bonchev–Trinajstić information content (AvgIpc) is 3.35. The Kier molecular flexibility index (Phi) is 5.50. The molecular weight excluding hydrogens is 394 g/mol. The van der Waals surface area contributed by atoms with Gasteiger partial charge in [0.1, 0.15) is 5.00 Å². The van der Waals surface area contributed by atoms with Crippen LogP contribution in [0.4, 0.5) is 5.00 Å². The number of hydrogen-bond donors (Lipinski definition) is 2. The molecule has 0 saturated carbocycles. The Morgan fingerprint density at radius 2 is 2.00 bits per heavy atom. The summed E-state index contributed by atoms with van der Waals surface area (Å²) in [6.07, 6.45) is 5.44. The van der Waals surface area contributed by atoms with E-state index in [2.05, 4.69) is 5.32 Å². The van der Waals surface area contributed by atoms with Gasteiger partial charge in [-0.05, 0) is 55.5 Å². The molecule has 1 aliphatic heterocycles. The van der Waals surface area contributed by atoms with Gasteiger partial charge in [0.15, 0.2) is 0 Å². The van der Waals surface area contributed by atoms with Gasteiger partial charge in [-0.1, -0.05) is 6.07 Å². The first-order valence-electron chi connectivity index (χ1n) is 9.62. The maximum absolute atomic E-state index is 12.9. The summed E-state index contributed by atoms with van der Waals surface area (Å²) < 4.78 is 0. The van der Waals surface area contributed by atoms with E-state index in [-0.39, 0.29) is 17.7 Å². The third-order valence-corrected chi connectivity index (χ3v) is 7.53. The predicted octanol–water partition coefficient (Wildman–Crippen LogP) is 3.28. The van der Waals surface area contributed by atoms with Crippen molar-refractivity contribution in [3.63, 3.8) is 0 Å². The van der Waals surface area contributed by atoms with E-state index in [1.807, 2.05) is 17.5 Å². The summed E-state index contributed by atoms with van der Waals surface area (Å²) in [5.41, 5.74) is 7.11. The standard InChI is InChI=1S/C20H23N3O3S2/c21-17(24)16-13-6-1-2-7-14(13)28-19(16)22-18(25)12-5-3-9-23(11-12)20(26)15-8-4-10-27-15/h4,8,10,12H,1-3,5-7,9,11H2,(H2,21,24)(H,22,25). The molecule has 8 heteroatoms. The van der Waals surface area contributed by atoms with E-state index in [4.69, 9.17) is 5.73 Å². The molecule has 4 rings (SSSR count). The van der Waals surface area contributed by atoms with Gasteiger partial charge in [-0.2, -0.15) is 0 Å². The molecule has 1 unspecified atom stereocenters. The molecule has 3 heterocycles. The Balaban J connectivity index is 1.49. The number of carbonyl (C=O) groups is 3. The molecular formula is C20H23N3O3S2. The van der Waals surface area contributed by atoms with Crippen LogP contribution < -0.4 is 11.1 Å². The van der Waals surface area contributed by atoms with Crippen LogP contribution in [0.1, 0.15) is 56.2 Å². The van der Waals surface area contributed by atoms with Crippen LogP contribution in [-0.4, -0.2) is 35.7 Å². The van der Waals surface area contributed by atoms with Crippen molar-refractivity contribution in [1.29, 1.82) is 0 Å². The van der Waals surface area contributed by atoms with Gasteiger partial charge in [-0.15, -0.1) is 22.7 Å². The fourth-order valence-corrected chi connectivity index (χ4v) is 6.05. The number of carbonyl (C=O) groups excluding carboxylic acids is 3. The van der Waals surface area contributed by atoms with Crippen LogP contribution in [0.5, 0.6) is 0 Å². The summed E-state index contributed by atoms with van der Waals surface area (Å²) >= 11 is 2.89. The Morgan fingerprint density at radius 1 is 1.18 bits per heavy atom. The van der Waals surface area contributed by atoms with Gasteiger partial charge < -0.3 is 16.0 Å². The summed E-state index contributed by atoms with van der Waals surface area (Å²) in [5.74, 6) is -0.910. The average molecular weight is 418 g/mol. The number of likely N-dealkylation sites (tertiary alicyclic amines) is 1. The molecule has 1 atom stereocenters. The van der Waals surface area contributed by atoms with Crippen molar-refractivity contribution in [2.45, 2.75) is 38.5 Å². The maximum Gasteiger partial charge on any atom is 0.263 e. The van der Waals surface area contributed by atoms with Crippen LogP contribution in [0.25, 0.3) is 0 Å². The lowest BCUT2D eigenvalue weighted by Crippen LogP contribution is -2.43. The Hall–Kier alpha value is -2.19. The first kappa shape index (κ1) is 19.1. The first-order chi connectivity index (χ1) is 13.5. The highest BCUT2D eigenvalue weighted by molar-refractivity contribution is 7.17. The number of nitrogens with one attached hydrogen (secondary N) is 1. The smallest absolute Gasteiger partial charge is 0.263 e. The van der Waals surface area contributed by atoms with E-state index in [1.54, 1.807) is 4.90 Å². The number of piperidine rings is 1. The topological polar surface area (TPSA) is 92.5 Å². The molecule has 1 fully saturated rings. The minimum absolute atomic E-state index is 0.0167. The number of nitrogens with zero attached hydrogens (tertiary/aromatic N) is 1. The molecule has 2 aromatic heterocycles. The summed E-state index contributed by atoms with van der Waals surface area (Å²) in [6, 6.07) is 3.67. The minimum atomic E-state index is -0.479. The minimum Gasteiger partial charge on any atom is -0.365 e.